The highest BCUT2D eigenvalue weighted by Crippen LogP contribution is 2.08. The highest BCUT2D eigenvalue weighted by Gasteiger charge is 2.23. The number of unbranched alkanes of at least 4 members (excludes halogenated alkanes) is 1. The van der Waals surface area contributed by atoms with E-state index in [1.54, 1.807) is 27.9 Å². The number of carboxylic acids is 1. The molecule has 0 aliphatic carbocycles. The van der Waals surface area contributed by atoms with Crippen LogP contribution in [0.2, 0.25) is 0 Å². The molecule has 1 atom stereocenters. The first-order valence-electron chi connectivity index (χ1n) is 5.97. The average molecular weight is 261 g/mol. The topological polar surface area (TPSA) is 84.9 Å². The number of ether oxygens (including phenoxy) is 2. The Labute approximate surface area is 108 Å². The van der Waals surface area contributed by atoms with Gasteiger partial charge in [0.1, 0.15) is 11.6 Å². The van der Waals surface area contributed by atoms with Gasteiger partial charge in [0.15, 0.2) is 0 Å². The lowest BCUT2D eigenvalue weighted by Gasteiger charge is -2.22. The van der Waals surface area contributed by atoms with E-state index >= 15 is 0 Å². The molecule has 6 nitrogen and oxygen atoms in total. The first-order valence-corrected chi connectivity index (χ1v) is 5.97. The number of amides is 1. The molecule has 18 heavy (non-hydrogen) atoms. The molecule has 0 rings (SSSR count). The molecule has 0 aromatic carbocycles. The van der Waals surface area contributed by atoms with E-state index in [4.69, 9.17) is 14.6 Å². The number of methoxy groups -OCH3 is 1. The van der Waals surface area contributed by atoms with Crippen molar-refractivity contribution in [2.24, 2.45) is 0 Å². The molecule has 6 heteroatoms. The summed E-state index contributed by atoms with van der Waals surface area (Å²) in [5.74, 6) is -1.06. The molecule has 0 radical (unpaired) electrons. The molecule has 0 aromatic heterocycles. The third-order valence-corrected chi connectivity index (χ3v) is 2.08. The Morgan fingerprint density at radius 3 is 2.33 bits per heavy atom. The maximum Gasteiger partial charge on any atom is 0.408 e. The van der Waals surface area contributed by atoms with Gasteiger partial charge < -0.3 is 19.9 Å². The minimum atomic E-state index is -1.06. The molecule has 2 N–H and O–H groups in total. The lowest BCUT2D eigenvalue weighted by molar-refractivity contribution is -0.139. The molecule has 0 saturated heterocycles. The summed E-state index contributed by atoms with van der Waals surface area (Å²) in [6.07, 6.45) is 1.08. The second-order valence-corrected chi connectivity index (χ2v) is 5.03. The fourth-order valence-electron chi connectivity index (χ4n) is 1.30. The standard InChI is InChI=1S/C12H23NO5/c1-12(2,3)18-11(16)13-9(10(14)15)7-5-6-8-17-4/h9H,5-8H2,1-4H3,(H,13,16)(H,14,15)/t9-/m1/s1. The minimum Gasteiger partial charge on any atom is -0.480 e. The average Bonchev–Trinajstić information content (AvgIpc) is 2.19. The first-order chi connectivity index (χ1) is 8.26. The molecule has 106 valence electrons. The Hall–Kier alpha value is -1.30. The van der Waals surface area contributed by atoms with Crippen LogP contribution >= 0.6 is 0 Å². The van der Waals surface area contributed by atoms with Gasteiger partial charge in [0.25, 0.3) is 0 Å². The van der Waals surface area contributed by atoms with E-state index in [9.17, 15) is 9.59 Å². The summed E-state index contributed by atoms with van der Waals surface area (Å²) in [5.41, 5.74) is -0.636. The van der Waals surface area contributed by atoms with Crippen LogP contribution in [0.4, 0.5) is 4.79 Å². The van der Waals surface area contributed by atoms with Crippen LogP contribution in [-0.2, 0) is 14.3 Å². The van der Waals surface area contributed by atoms with Crippen molar-refractivity contribution in [2.45, 2.75) is 51.7 Å². The molecule has 0 fully saturated rings. The molecule has 0 saturated carbocycles. The highest BCUT2D eigenvalue weighted by molar-refractivity contribution is 5.79. The molecular formula is C12H23NO5. The monoisotopic (exact) mass is 261 g/mol. The van der Waals surface area contributed by atoms with Gasteiger partial charge in [0.2, 0.25) is 0 Å². The van der Waals surface area contributed by atoms with E-state index in [0.29, 0.717) is 19.4 Å². The number of nitrogens with one attached hydrogen (secondary N) is 1. The van der Waals surface area contributed by atoms with Gasteiger partial charge in [0.05, 0.1) is 0 Å². The molecule has 0 aliphatic rings. The zero-order chi connectivity index (χ0) is 14.2. The second kappa shape index (κ2) is 7.92. The van der Waals surface area contributed by atoms with Crippen LogP contribution in [-0.4, -0.2) is 42.5 Å². The predicted octanol–water partition coefficient (Wildman–Crippen LogP) is 1.78. The fraction of sp³-hybridized carbons (Fsp3) is 0.833. The van der Waals surface area contributed by atoms with Crippen LogP contribution in [0, 0.1) is 0 Å². The van der Waals surface area contributed by atoms with Crippen molar-refractivity contribution in [1.82, 2.24) is 5.32 Å². The van der Waals surface area contributed by atoms with Gasteiger partial charge in [-0.2, -0.15) is 0 Å². The van der Waals surface area contributed by atoms with Crippen molar-refractivity contribution in [2.75, 3.05) is 13.7 Å². The summed E-state index contributed by atoms with van der Waals surface area (Å²) in [6, 6.07) is -0.920. The number of carboxylic acid groups (broad SMARTS) is 1. The van der Waals surface area contributed by atoms with Gasteiger partial charge in [-0.25, -0.2) is 9.59 Å². The van der Waals surface area contributed by atoms with Crippen molar-refractivity contribution in [3.05, 3.63) is 0 Å². The molecule has 1 amide bonds. The van der Waals surface area contributed by atoms with Gasteiger partial charge in [-0.1, -0.05) is 0 Å². The smallest absolute Gasteiger partial charge is 0.408 e. The van der Waals surface area contributed by atoms with E-state index in [1.165, 1.54) is 0 Å². The quantitative estimate of drug-likeness (QED) is 0.682. The minimum absolute atomic E-state index is 0.359. The Bertz CT molecular complexity index is 272. The summed E-state index contributed by atoms with van der Waals surface area (Å²) < 4.78 is 9.88. The lowest BCUT2D eigenvalue weighted by atomic mass is 10.1. The molecule has 0 spiro atoms. The van der Waals surface area contributed by atoms with Crippen LogP contribution < -0.4 is 5.32 Å². The van der Waals surface area contributed by atoms with Gasteiger partial charge in [0, 0.05) is 13.7 Å². The molecule has 0 unspecified atom stereocenters. The molecule has 0 aliphatic heterocycles. The summed E-state index contributed by atoms with van der Waals surface area (Å²) >= 11 is 0. The number of carbonyl (C=O) groups excluding carboxylic acids is 1. The van der Waals surface area contributed by atoms with E-state index in [1.807, 2.05) is 0 Å². The Kier molecular flexibility index (Phi) is 7.35. The Balaban J connectivity index is 4.11. The first kappa shape index (κ1) is 16.7. The van der Waals surface area contributed by atoms with E-state index in [-0.39, 0.29) is 0 Å². The predicted molar refractivity (Wildman–Crippen MR) is 66.5 cm³/mol. The third-order valence-electron chi connectivity index (χ3n) is 2.08. The van der Waals surface area contributed by atoms with Gasteiger partial charge in [-0.3, -0.25) is 0 Å². The van der Waals surface area contributed by atoms with Crippen molar-refractivity contribution >= 4 is 12.1 Å². The summed E-state index contributed by atoms with van der Waals surface area (Å²) in [5, 5.41) is 11.3. The maximum absolute atomic E-state index is 11.4. The Morgan fingerprint density at radius 2 is 1.89 bits per heavy atom. The van der Waals surface area contributed by atoms with Gasteiger partial charge in [-0.05, 0) is 40.0 Å². The largest absolute Gasteiger partial charge is 0.480 e. The molecule has 0 aromatic rings. The van der Waals surface area contributed by atoms with E-state index in [2.05, 4.69) is 5.32 Å². The number of rotatable bonds is 7. The van der Waals surface area contributed by atoms with Crippen LogP contribution in [0.1, 0.15) is 40.0 Å². The van der Waals surface area contributed by atoms with Crippen molar-refractivity contribution in [3.8, 4) is 0 Å². The second-order valence-electron chi connectivity index (χ2n) is 5.03. The van der Waals surface area contributed by atoms with Crippen molar-refractivity contribution in [3.63, 3.8) is 0 Å². The van der Waals surface area contributed by atoms with Crippen molar-refractivity contribution in [1.29, 1.82) is 0 Å². The lowest BCUT2D eigenvalue weighted by Crippen LogP contribution is -2.43. The third kappa shape index (κ3) is 8.81. The number of hydrogen-bond acceptors (Lipinski definition) is 4. The number of aliphatic carboxylic acids is 1. The van der Waals surface area contributed by atoms with Gasteiger partial charge in [-0.15, -0.1) is 0 Å². The van der Waals surface area contributed by atoms with Gasteiger partial charge >= 0.3 is 12.1 Å². The molecule has 0 bridgehead atoms. The van der Waals surface area contributed by atoms with Crippen LogP contribution in [0.3, 0.4) is 0 Å². The summed E-state index contributed by atoms with van der Waals surface area (Å²) in [4.78, 5) is 22.4. The van der Waals surface area contributed by atoms with Crippen LogP contribution in [0.25, 0.3) is 0 Å². The summed E-state index contributed by atoms with van der Waals surface area (Å²) in [6.45, 7) is 5.75. The fourth-order valence-corrected chi connectivity index (χ4v) is 1.30. The highest BCUT2D eigenvalue weighted by atomic mass is 16.6. The van der Waals surface area contributed by atoms with Crippen LogP contribution in [0.15, 0.2) is 0 Å². The Morgan fingerprint density at radius 1 is 1.28 bits per heavy atom. The maximum atomic E-state index is 11.4. The van der Waals surface area contributed by atoms with E-state index < -0.39 is 23.7 Å². The number of alkyl carbamates (subject to hydrolysis) is 1. The zero-order valence-corrected chi connectivity index (χ0v) is 11.5. The zero-order valence-electron chi connectivity index (χ0n) is 11.5. The normalized spacial score (nSPS) is 12.9. The van der Waals surface area contributed by atoms with Crippen LogP contribution in [0.5, 0.6) is 0 Å². The number of carbonyl (C=O) groups is 2. The molecular weight excluding hydrogens is 238 g/mol. The van der Waals surface area contributed by atoms with E-state index in [0.717, 1.165) is 6.42 Å². The summed E-state index contributed by atoms with van der Waals surface area (Å²) in [7, 11) is 1.59. The van der Waals surface area contributed by atoms with Crippen molar-refractivity contribution < 1.29 is 24.2 Å². The SMILES string of the molecule is COCCCC[C@@H](NC(=O)OC(C)(C)C)C(=O)O. The number of hydrogen-bond donors (Lipinski definition) is 2. The molecule has 0 heterocycles.